The van der Waals surface area contributed by atoms with E-state index >= 15 is 8.78 Å². The fourth-order valence-electron chi connectivity index (χ4n) is 5.99. The molecule has 0 heterocycles. The average molecular weight is 487 g/mol. The van der Waals surface area contributed by atoms with Gasteiger partial charge in [0.15, 0.2) is 23.2 Å². The van der Waals surface area contributed by atoms with Gasteiger partial charge in [0, 0.05) is 0 Å². The molecule has 0 amide bonds. The molecule has 5 heteroatoms. The van der Waals surface area contributed by atoms with Crippen molar-refractivity contribution in [1.82, 2.24) is 0 Å². The minimum absolute atomic E-state index is 0.0475. The molecule has 0 spiro atoms. The number of carbonyl (C=O) groups is 1. The molecule has 2 fully saturated rings. The molecule has 4 rings (SSSR count). The van der Waals surface area contributed by atoms with Crippen LogP contribution < -0.4 is 4.74 Å². The highest BCUT2D eigenvalue weighted by Crippen LogP contribution is 2.42. The van der Waals surface area contributed by atoms with Gasteiger partial charge >= 0.3 is 5.97 Å². The van der Waals surface area contributed by atoms with Gasteiger partial charge in [-0.1, -0.05) is 44.9 Å². The van der Waals surface area contributed by atoms with Crippen LogP contribution in [-0.2, 0) is 11.2 Å². The summed E-state index contributed by atoms with van der Waals surface area (Å²) in [6, 6.07) is 8.26. The lowest BCUT2D eigenvalue weighted by molar-refractivity contribution is -0.140. The molecule has 0 unspecified atom stereocenters. The van der Waals surface area contributed by atoms with Gasteiger partial charge < -0.3 is 4.74 Å². The van der Waals surface area contributed by atoms with Crippen molar-refractivity contribution >= 4 is 5.97 Å². The molecule has 0 aromatic heterocycles. The second-order valence-corrected chi connectivity index (χ2v) is 10.5. The minimum Gasteiger partial charge on any atom is -0.423 e. The van der Waals surface area contributed by atoms with E-state index in [9.17, 15) is 9.18 Å². The normalized spacial score (nSPS) is 24.8. The molecule has 2 aromatic rings. The second-order valence-electron chi connectivity index (χ2n) is 10.5. The molecule has 2 aliphatic carbocycles. The number of hydrogen-bond acceptors (Lipinski definition) is 2. The Balaban J connectivity index is 1.35. The van der Waals surface area contributed by atoms with Gasteiger partial charge in [-0.25, -0.2) is 13.2 Å². The van der Waals surface area contributed by atoms with E-state index in [2.05, 4.69) is 6.92 Å². The standard InChI is InChI=1S/C30H37F3O2/c1-3-5-20-8-17-27(26(31)18-20)35-30(34)23-13-11-22(12-14-23)25-16-15-24(28(32)29(25)33)21-9-6-19(4-2)7-10-21/h8,15-19,21-23H,3-7,9-14H2,1-2H3. The molecular weight excluding hydrogens is 449 g/mol. The van der Waals surface area contributed by atoms with Gasteiger partial charge in [-0.3, -0.25) is 4.79 Å². The Morgan fingerprint density at radius 3 is 1.91 bits per heavy atom. The smallest absolute Gasteiger partial charge is 0.314 e. The summed E-state index contributed by atoms with van der Waals surface area (Å²) in [4.78, 5) is 12.6. The summed E-state index contributed by atoms with van der Waals surface area (Å²) in [5, 5.41) is 0. The molecule has 0 N–H and O–H groups in total. The van der Waals surface area contributed by atoms with Crippen LogP contribution >= 0.6 is 0 Å². The third-order valence-electron chi connectivity index (χ3n) is 8.25. The molecule has 0 saturated heterocycles. The molecule has 35 heavy (non-hydrogen) atoms. The maximum Gasteiger partial charge on any atom is 0.314 e. The van der Waals surface area contributed by atoms with E-state index in [1.807, 2.05) is 6.92 Å². The Hall–Kier alpha value is -2.30. The van der Waals surface area contributed by atoms with Crippen molar-refractivity contribution in [2.24, 2.45) is 11.8 Å². The number of ether oxygens (including phenoxy) is 1. The van der Waals surface area contributed by atoms with Crippen LogP contribution in [0.15, 0.2) is 30.3 Å². The molecule has 190 valence electrons. The van der Waals surface area contributed by atoms with Crippen LogP contribution in [0.3, 0.4) is 0 Å². The largest absolute Gasteiger partial charge is 0.423 e. The maximum atomic E-state index is 15.1. The zero-order valence-electron chi connectivity index (χ0n) is 20.9. The lowest BCUT2D eigenvalue weighted by Gasteiger charge is -2.30. The van der Waals surface area contributed by atoms with E-state index in [0.717, 1.165) is 50.5 Å². The molecule has 2 aromatic carbocycles. The summed E-state index contributed by atoms with van der Waals surface area (Å²) < 4.78 is 49.8. The predicted octanol–water partition coefficient (Wildman–Crippen LogP) is 8.62. The number of benzene rings is 2. The fourth-order valence-corrected chi connectivity index (χ4v) is 5.99. The minimum atomic E-state index is -0.722. The second kappa shape index (κ2) is 11.6. The number of hydrogen-bond donors (Lipinski definition) is 0. The van der Waals surface area contributed by atoms with E-state index in [-0.39, 0.29) is 23.5 Å². The van der Waals surface area contributed by atoms with E-state index in [4.69, 9.17) is 4.74 Å². The van der Waals surface area contributed by atoms with Gasteiger partial charge in [0.1, 0.15) is 0 Å². The lowest BCUT2D eigenvalue weighted by Crippen LogP contribution is -2.26. The van der Waals surface area contributed by atoms with Gasteiger partial charge in [-0.05, 0) is 104 Å². The van der Waals surface area contributed by atoms with Crippen LogP contribution in [0.25, 0.3) is 0 Å². The first-order chi connectivity index (χ1) is 16.9. The van der Waals surface area contributed by atoms with Gasteiger partial charge in [0.25, 0.3) is 0 Å². The Morgan fingerprint density at radius 1 is 0.829 bits per heavy atom. The van der Waals surface area contributed by atoms with Crippen LogP contribution in [-0.4, -0.2) is 5.97 Å². The molecular formula is C30H37F3O2. The Labute approximate surface area is 207 Å². The Bertz CT molecular complexity index is 1020. The van der Waals surface area contributed by atoms with Gasteiger partial charge in [-0.15, -0.1) is 0 Å². The van der Waals surface area contributed by atoms with E-state index in [1.165, 1.54) is 12.1 Å². The van der Waals surface area contributed by atoms with Crippen LogP contribution in [0.2, 0.25) is 0 Å². The summed E-state index contributed by atoms with van der Waals surface area (Å²) in [6.07, 6.45) is 9.03. The number of halogens is 3. The molecule has 2 saturated carbocycles. The van der Waals surface area contributed by atoms with Crippen LogP contribution in [0.5, 0.6) is 5.75 Å². The third kappa shape index (κ3) is 5.92. The van der Waals surface area contributed by atoms with Crippen molar-refractivity contribution in [2.45, 2.75) is 96.3 Å². The zero-order valence-corrected chi connectivity index (χ0v) is 20.9. The van der Waals surface area contributed by atoms with Crippen molar-refractivity contribution < 1.29 is 22.7 Å². The lowest BCUT2D eigenvalue weighted by atomic mass is 9.76. The highest BCUT2D eigenvalue weighted by atomic mass is 19.2. The molecule has 2 aliphatic rings. The zero-order chi connectivity index (χ0) is 24.9. The third-order valence-corrected chi connectivity index (χ3v) is 8.25. The first-order valence-corrected chi connectivity index (χ1v) is 13.4. The van der Waals surface area contributed by atoms with Crippen LogP contribution in [0.1, 0.15) is 107 Å². The number of esters is 1. The Kier molecular flexibility index (Phi) is 8.56. The number of aryl methyl sites for hydroxylation is 1. The highest BCUT2D eigenvalue weighted by molar-refractivity contribution is 5.75. The molecule has 0 atom stereocenters. The summed E-state index contributed by atoms with van der Waals surface area (Å²) in [5.41, 5.74) is 1.81. The van der Waals surface area contributed by atoms with Crippen molar-refractivity contribution in [3.8, 4) is 5.75 Å². The van der Waals surface area contributed by atoms with Gasteiger partial charge in [0.05, 0.1) is 5.92 Å². The molecule has 0 aliphatic heterocycles. The van der Waals surface area contributed by atoms with Gasteiger partial charge in [-0.2, -0.15) is 0 Å². The fraction of sp³-hybridized carbons (Fsp3) is 0.567. The molecule has 2 nitrogen and oxygen atoms in total. The van der Waals surface area contributed by atoms with Crippen LogP contribution in [0.4, 0.5) is 13.2 Å². The highest BCUT2D eigenvalue weighted by Gasteiger charge is 2.32. The van der Waals surface area contributed by atoms with Crippen molar-refractivity contribution in [3.05, 3.63) is 64.5 Å². The predicted molar refractivity (Wildman–Crippen MR) is 132 cm³/mol. The maximum absolute atomic E-state index is 15.1. The summed E-state index contributed by atoms with van der Waals surface area (Å²) >= 11 is 0. The summed E-state index contributed by atoms with van der Waals surface area (Å²) in [5.74, 6) is -2.11. The quantitative estimate of drug-likeness (QED) is 0.289. The van der Waals surface area contributed by atoms with Crippen molar-refractivity contribution in [3.63, 3.8) is 0 Å². The van der Waals surface area contributed by atoms with E-state index in [0.29, 0.717) is 42.7 Å². The SMILES string of the molecule is CCCc1ccc(OC(=O)C2CCC(c3ccc(C4CCC(CC)CC4)c(F)c3F)CC2)c(F)c1. The number of rotatable bonds is 7. The average Bonchev–Trinajstić information content (AvgIpc) is 2.87. The summed E-state index contributed by atoms with van der Waals surface area (Å²) in [7, 11) is 0. The van der Waals surface area contributed by atoms with Crippen LogP contribution in [0, 0.1) is 29.3 Å². The Morgan fingerprint density at radius 2 is 1.40 bits per heavy atom. The summed E-state index contributed by atoms with van der Waals surface area (Å²) in [6.45, 7) is 4.21. The van der Waals surface area contributed by atoms with E-state index in [1.54, 1.807) is 18.2 Å². The van der Waals surface area contributed by atoms with Crippen molar-refractivity contribution in [2.75, 3.05) is 0 Å². The first kappa shape index (κ1) is 25.8. The topological polar surface area (TPSA) is 26.3 Å². The number of carbonyl (C=O) groups excluding carboxylic acids is 1. The molecule has 0 radical (unpaired) electrons. The monoisotopic (exact) mass is 486 g/mol. The van der Waals surface area contributed by atoms with Gasteiger partial charge in [0.2, 0.25) is 0 Å². The first-order valence-electron chi connectivity index (χ1n) is 13.4. The molecule has 0 bridgehead atoms. The van der Waals surface area contributed by atoms with Crippen molar-refractivity contribution in [1.29, 1.82) is 0 Å². The van der Waals surface area contributed by atoms with E-state index < -0.39 is 23.4 Å².